The average Bonchev–Trinajstić information content (AvgIpc) is 3.21. The lowest BCUT2D eigenvalue weighted by Gasteiger charge is -2.13. The van der Waals surface area contributed by atoms with E-state index in [-0.39, 0.29) is 11.2 Å². The van der Waals surface area contributed by atoms with Gasteiger partial charge in [0, 0.05) is 18.1 Å². The van der Waals surface area contributed by atoms with Crippen molar-refractivity contribution >= 4 is 44.9 Å². The molecule has 0 fully saturated rings. The molecule has 0 spiro atoms. The molecule has 7 heteroatoms. The molecular formula is C27H24N4O2S. The van der Waals surface area contributed by atoms with Gasteiger partial charge in [-0.3, -0.25) is 4.79 Å². The maximum atomic E-state index is 12.9. The van der Waals surface area contributed by atoms with E-state index in [0.29, 0.717) is 17.6 Å². The molecule has 1 N–H and O–H groups in total. The van der Waals surface area contributed by atoms with E-state index < -0.39 is 0 Å². The van der Waals surface area contributed by atoms with Crippen LogP contribution in [0.1, 0.15) is 12.7 Å². The highest BCUT2D eigenvalue weighted by atomic mass is 32.2. The standard InChI is InChI=1S/C27H24N4O2S/c1-18(26(32)28-24-13-7-11-20-9-5-6-12-23(20)24)34-27-30-29-25(31(27)2)17-33-22-15-14-19-8-3-4-10-21(19)16-22/h3-16,18H,17H2,1-2H3,(H,28,32)/t18-/m0/s1. The van der Waals surface area contributed by atoms with Crippen LogP contribution in [0.15, 0.2) is 90.1 Å². The fourth-order valence-electron chi connectivity index (χ4n) is 3.76. The Balaban J connectivity index is 1.23. The highest BCUT2D eigenvalue weighted by Gasteiger charge is 2.20. The second-order valence-electron chi connectivity index (χ2n) is 8.03. The summed E-state index contributed by atoms with van der Waals surface area (Å²) in [6.07, 6.45) is 0. The number of aromatic nitrogens is 3. The Bertz CT molecular complexity index is 1480. The molecule has 0 aliphatic carbocycles. The van der Waals surface area contributed by atoms with Crippen LogP contribution < -0.4 is 10.1 Å². The van der Waals surface area contributed by atoms with Crippen LogP contribution in [0.2, 0.25) is 0 Å². The molecule has 0 aliphatic heterocycles. The van der Waals surface area contributed by atoms with Crippen LogP contribution in [-0.4, -0.2) is 25.9 Å². The zero-order valence-electron chi connectivity index (χ0n) is 18.9. The van der Waals surface area contributed by atoms with Crippen LogP contribution in [0.5, 0.6) is 5.75 Å². The van der Waals surface area contributed by atoms with E-state index in [2.05, 4.69) is 27.6 Å². The maximum Gasteiger partial charge on any atom is 0.237 e. The van der Waals surface area contributed by atoms with Gasteiger partial charge < -0.3 is 14.6 Å². The summed E-state index contributed by atoms with van der Waals surface area (Å²) < 4.78 is 7.82. The van der Waals surface area contributed by atoms with Crippen LogP contribution >= 0.6 is 11.8 Å². The minimum atomic E-state index is -0.351. The lowest BCUT2D eigenvalue weighted by atomic mass is 10.1. The minimum Gasteiger partial charge on any atom is -0.486 e. The molecule has 170 valence electrons. The van der Waals surface area contributed by atoms with Gasteiger partial charge in [0.15, 0.2) is 11.0 Å². The molecular weight excluding hydrogens is 444 g/mol. The van der Waals surface area contributed by atoms with E-state index >= 15 is 0 Å². The van der Waals surface area contributed by atoms with Crippen LogP contribution in [0.25, 0.3) is 21.5 Å². The number of ether oxygens (including phenoxy) is 1. The number of amides is 1. The number of carbonyl (C=O) groups is 1. The van der Waals surface area contributed by atoms with Crippen LogP contribution in [-0.2, 0) is 18.4 Å². The molecule has 5 aromatic rings. The number of anilines is 1. The van der Waals surface area contributed by atoms with Crippen molar-refractivity contribution in [2.45, 2.75) is 23.9 Å². The van der Waals surface area contributed by atoms with Crippen molar-refractivity contribution in [3.05, 3.63) is 90.8 Å². The molecule has 1 heterocycles. The predicted octanol–water partition coefficient (Wildman–Crippen LogP) is 5.82. The van der Waals surface area contributed by atoms with E-state index in [1.807, 2.05) is 91.3 Å². The van der Waals surface area contributed by atoms with E-state index in [1.165, 1.54) is 17.1 Å². The first-order valence-corrected chi connectivity index (χ1v) is 11.9. The molecule has 0 saturated heterocycles. The zero-order chi connectivity index (χ0) is 23.5. The first-order chi connectivity index (χ1) is 16.6. The van der Waals surface area contributed by atoms with Gasteiger partial charge in [-0.2, -0.15) is 0 Å². The minimum absolute atomic E-state index is 0.0849. The number of nitrogens with one attached hydrogen (secondary N) is 1. The molecule has 1 amide bonds. The topological polar surface area (TPSA) is 69.0 Å². The van der Waals surface area contributed by atoms with Crippen molar-refractivity contribution < 1.29 is 9.53 Å². The summed E-state index contributed by atoms with van der Waals surface area (Å²) in [4.78, 5) is 12.9. The SMILES string of the molecule is C[C@H](Sc1nnc(COc2ccc3ccccc3c2)n1C)C(=O)Nc1cccc2ccccc12. The van der Waals surface area contributed by atoms with Gasteiger partial charge >= 0.3 is 0 Å². The predicted molar refractivity (Wildman–Crippen MR) is 137 cm³/mol. The Kier molecular flexibility index (Phi) is 6.18. The summed E-state index contributed by atoms with van der Waals surface area (Å²) in [5, 5.41) is 16.3. The van der Waals surface area contributed by atoms with Gasteiger partial charge in [-0.25, -0.2) is 0 Å². The lowest BCUT2D eigenvalue weighted by Crippen LogP contribution is -2.23. The van der Waals surface area contributed by atoms with Gasteiger partial charge in [0.1, 0.15) is 12.4 Å². The summed E-state index contributed by atoms with van der Waals surface area (Å²) in [5.74, 6) is 1.38. The molecule has 1 aromatic heterocycles. The van der Waals surface area contributed by atoms with Crippen molar-refractivity contribution in [2.75, 3.05) is 5.32 Å². The fourth-order valence-corrected chi connectivity index (χ4v) is 4.59. The van der Waals surface area contributed by atoms with Crippen molar-refractivity contribution in [3.8, 4) is 5.75 Å². The Morgan fingerprint density at radius 1 is 0.941 bits per heavy atom. The Morgan fingerprint density at radius 2 is 1.68 bits per heavy atom. The monoisotopic (exact) mass is 468 g/mol. The van der Waals surface area contributed by atoms with Gasteiger partial charge in [-0.15, -0.1) is 10.2 Å². The Morgan fingerprint density at radius 3 is 2.53 bits per heavy atom. The Hall–Kier alpha value is -3.84. The average molecular weight is 469 g/mol. The van der Waals surface area contributed by atoms with Gasteiger partial charge in [0.25, 0.3) is 0 Å². The molecule has 0 radical (unpaired) electrons. The van der Waals surface area contributed by atoms with Gasteiger partial charge in [-0.05, 0) is 41.3 Å². The number of carbonyl (C=O) groups excluding carboxylic acids is 1. The van der Waals surface area contributed by atoms with Crippen molar-refractivity contribution in [2.24, 2.45) is 7.05 Å². The van der Waals surface area contributed by atoms with Crippen molar-refractivity contribution in [1.82, 2.24) is 14.8 Å². The summed E-state index contributed by atoms with van der Waals surface area (Å²) >= 11 is 1.37. The Labute approximate surface area is 202 Å². The first kappa shape index (κ1) is 22.0. The summed E-state index contributed by atoms with van der Waals surface area (Å²) in [7, 11) is 1.89. The first-order valence-electron chi connectivity index (χ1n) is 11.0. The van der Waals surface area contributed by atoms with Crippen molar-refractivity contribution in [1.29, 1.82) is 0 Å². The molecule has 6 nitrogen and oxygen atoms in total. The zero-order valence-corrected chi connectivity index (χ0v) is 19.8. The van der Waals surface area contributed by atoms with Gasteiger partial charge in [0.2, 0.25) is 5.91 Å². The molecule has 34 heavy (non-hydrogen) atoms. The van der Waals surface area contributed by atoms with E-state index in [9.17, 15) is 4.79 Å². The third-order valence-electron chi connectivity index (χ3n) is 5.71. The molecule has 4 aromatic carbocycles. The summed E-state index contributed by atoms with van der Waals surface area (Å²) in [6, 6.07) is 28.1. The number of hydrogen-bond acceptors (Lipinski definition) is 5. The van der Waals surface area contributed by atoms with Gasteiger partial charge in [-0.1, -0.05) is 78.5 Å². The molecule has 0 saturated carbocycles. The number of fused-ring (bicyclic) bond motifs is 2. The van der Waals surface area contributed by atoms with Crippen molar-refractivity contribution in [3.63, 3.8) is 0 Å². The third-order valence-corrected chi connectivity index (χ3v) is 6.85. The number of rotatable bonds is 7. The molecule has 1 atom stereocenters. The number of nitrogens with zero attached hydrogens (tertiary/aromatic N) is 3. The van der Waals surface area contributed by atoms with Crippen LogP contribution in [0.3, 0.4) is 0 Å². The largest absolute Gasteiger partial charge is 0.486 e. The van der Waals surface area contributed by atoms with Gasteiger partial charge in [0.05, 0.1) is 5.25 Å². The lowest BCUT2D eigenvalue weighted by molar-refractivity contribution is -0.115. The third kappa shape index (κ3) is 4.61. The van der Waals surface area contributed by atoms with E-state index in [0.717, 1.165) is 27.6 Å². The second-order valence-corrected chi connectivity index (χ2v) is 9.34. The number of benzene rings is 4. The normalized spacial score (nSPS) is 12.1. The summed E-state index contributed by atoms with van der Waals surface area (Å²) in [6.45, 7) is 2.16. The molecule has 0 aliphatic rings. The number of thioether (sulfide) groups is 1. The van der Waals surface area contributed by atoms with E-state index in [4.69, 9.17) is 4.74 Å². The molecule has 0 bridgehead atoms. The highest BCUT2D eigenvalue weighted by Crippen LogP contribution is 2.27. The second kappa shape index (κ2) is 9.57. The molecule has 5 rings (SSSR count). The van der Waals surface area contributed by atoms with E-state index in [1.54, 1.807) is 0 Å². The highest BCUT2D eigenvalue weighted by molar-refractivity contribution is 8.00. The summed E-state index contributed by atoms with van der Waals surface area (Å²) in [5.41, 5.74) is 0.804. The molecule has 0 unspecified atom stereocenters. The van der Waals surface area contributed by atoms with Crippen LogP contribution in [0.4, 0.5) is 5.69 Å². The number of hydrogen-bond donors (Lipinski definition) is 1. The smallest absolute Gasteiger partial charge is 0.237 e. The quantitative estimate of drug-likeness (QED) is 0.305. The maximum absolute atomic E-state index is 12.9. The van der Waals surface area contributed by atoms with Crippen LogP contribution in [0, 0.1) is 0 Å². The fraction of sp³-hybridized carbons (Fsp3) is 0.148.